The number of ether oxygens (including phenoxy) is 2. The molecule has 1 aromatic heterocycles. The number of rotatable bonds is 16. The van der Waals surface area contributed by atoms with Crippen molar-refractivity contribution in [3.05, 3.63) is 144 Å². The van der Waals surface area contributed by atoms with Crippen molar-refractivity contribution in [1.82, 2.24) is 10.3 Å². The summed E-state index contributed by atoms with van der Waals surface area (Å²) in [4.78, 5) is 29.7. The van der Waals surface area contributed by atoms with Gasteiger partial charge in [0.1, 0.15) is 0 Å². The number of fused-ring (bicyclic) bond motifs is 1. The van der Waals surface area contributed by atoms with Gasteiger partial charge in [0.25, 0.3) is 0 Å². The van der Waals surface area contributed by atoms with Crippen LogP contribution in [0.5, 0.6) is 0 Å². The van der Waals surface area contributed by atoms with E-state index in [2.05, 4.69) is 53.1 Å². The Balaban J connectivity index is 0.916. The van der Waals surface area contributed by atoms with Crippen LogP contribution < -0.4 is 16.4 Å². The summed E-state index contributed by atoms with van der Waals surface area (Å²) in [6.07, 6.45) is 2.94. The second-order valence-electron chi connectivity index (χ2n) is 13.9. The van der Waals surface area contributed by atoms with Crippen LogP contribution in [0.3, 0.4) is 0 Å². The van der Waals surface area contributed by atoms with E-state index in [1.54, 1.807) is 35.2 Å². The summed E-state index contributed by atoms with van der Waals surface area (Å²) in [5, 5.41) is 15.5. The van der Waals surface area contributed by atoms with Crippen LogP contribution in [0, 0.1) is 0 Å². The number of aliphatic hydroxyl groups excluding tert-OH is 1. The molecule has 7 rings (SSSR count). The smallest absolute Gasteiger partial charge is 0.224 e. The molecule has 2 heterocycles. The summed E-state index contributed by atoms with van der Waals surface area (Å²) in [7, 11) is 0. The quantitative estimate of drug-likeness (QED) is 0.0433. The number of amides is 2. The monoisotopic (exact) mass is 786 g/mol. The molecule has 3 atom stereocenters. The third kappa shape index (κ3) is 10.6. The molecule has 9 nitrogen and oxygen atoms in total. The Labute approximate surface area is 335 Å². The first-order chi connectivity index (χ1) is 27.4. The van der Waals surface area contributed by atoms with E-state index in [4.69, 9.17) is 20.2 Å². The van der Waals surface area contributed by atoms with E-state index in [0.717, 1.165) is 55.4 Å². The molecule has 1 aliphatic rings. The van der Waals surface area contributed by atoms with Gasteiger partial charge in [-0.15, -0.1) is 11.3 Å². The van der Waals surface area contributed by atoms with Crippen LogP contribution in [0.25, 0.3) is 21.3 Å². The molecular formula is C45H46N4O5S2. The van der Waals surface area contributed by atoms with Crippen LogP contribution >= 0.6 is 23.1 Å². The highest BCUT2D eigenvalue weighted by molar-refractivity contribution is 8.01. The molecule has 11 heteroatoms. The van der Waals surface area contributed by atoms with Crippen molar-refractivity contribution in [2.24, 2.45) is 0 Å². The topological polar surface area (TPSA) is 136 Å². The zero-order chi connectivity index (χ0) is 38.7. The van der Waals surface area contributed by atoms with E-state index >= 15 is 0 Å². The van der Waals surface area contributed by atoms with Gasteiger partial charge < -0.3 is 30.9 Å². The zero-order valence-electron chi connectivity index (χ0n) is 31.1. The molecule has 5 aromatic carbocycles. The summed E-state index contributed by atoms with van der Waals surface area (Å²) in [5.41, 5.74) is 14.1. The fraction of sp³-hybridized carbons (Fsp3) is 0.267. The predicted octanol–water partition coefficient (Wildman–Crippen LogP) is 9.58. The largest absolute Gasteiger partial charge is 0.397 e. The van der Waals surface area contributed by atoms with E-state index in [-0.39, 0.29) is 30.6 Å². The van der Waals surface area contributed by atoms with E-state index in [0.29, 0.717) is 50.0 Å². The van der Waals surface area contributed by atoms with Gasteiger partial charge in [-0.05, 0) is 71.0 Å². The number of hydrogen-bond acceptors (Lipinski definition) is 9. The van der Waals surface area contributed by atoms with Crippen LogP contribution in [0.15, 0.2) is 126 Å². The van der Waals surface area contributed by atoms with Crippen LogP contribution in [0.2, 0.25) is 0 Å². The number of nitrogens with one attached hydrogen (secondary N) is 2. The average Bonchev–Trinajstić information content (AvgIpc) is 3.66. The number of nitrogen functional groups attached to an aromatic ring is 1. The minimum absolute atomic E-state index is 0.000178. The number of nitrogens with zero attached hydrogens (tertiary/aromatic N) is 1. The number of unbranched alkanes of at least 4 members (excludes halogenated alkanes) is 2. The lowest BCUT2D eigenvalue weighted by atomic mass is 9.99. The first-order valence-electron chi connectivity index (χ1n) is 19.0. The van der Waals surface area contributed by atoms with Crippen molar-refractivity contribution < 1.29 is 24.2 Å². The van der Waals surface area contributed by atoms with Gasteiger partial charge in [0, 0.05) is 37.1 Å². The summed E-state index contributed by atoms with van der Waals surface area (Å²) in [5.74, 6) is 0.664. The van der Waals surface area contributed by atoms with E-state index in [9.17, 15) is 14.7 Å². The van der Waals surface area contributed by atoms with E-state index in [1.165, 1.54) is 4.70 Å². The molecule has 56 heavy (non-hydrogen) atoms. The summed E-state index contributed by atoms with van der Waals surface area (Å²) < 4.78 is 15.4. The molecule has 1 aliphatic heterocycles. The second kappa shape index (κ2) is 19.2. The Morgan fingerprint density at radius 2 is 1.54 bits per heavy atom. The third-order valence-corrected chi connectivity index (χ3v) is 12.1. The maximum Gasteiger partial charge on any atom is 0.224 e. The lowest BCUT2D eigenvalue weighted by Gasteiger charge is -2.36. The van der Waals surface area contributed by atoms with Crippen molar-refractivity contribution in [1.29, 1.82) is 0 Å². The minimum Gasteiger partial charge on any atom is -0.397 e. The van der Waals surface area contributed by atoms with Gasteiger partial charge in [-0.2, -0.15) is 0 Å². The molecule has 5 N–H and O–H groups in total. The molecular weight excluding hydrogens is 741 g/mol. The number of hydrogen-bond donors (Lipinski definition) is 4. The fourth-order valence-corrected chi connectivity index (χ4v) is 8.77. The second-order valence-corrected chi connectivity index (χ2v) is 16.2. The van der Waals surface area contributed by atoms with Crippen molar-refractivity contribution in [2.45, 2.75) is 74.5 Å². The van der Waals surface area contributed by atoms with Gasteiger partial charge >= 0.3 is 0 Å². The van der Waals surface area contributed by atoms with Crippen LogP contribution in [-0.4, -0.2) is 33.8 Å². The Bertz CT molecular complexity index is 2190. The Morgan fingerprint density at radius 1 is 0.786 bits per heavy atom. The van der Waals surface area contributed by atoms with E-state index in [1.807, 2.05) is 66.7 Å². The van der Waals surface area contributed by atoms with Gasteiger partial charge in [-0.1, -0.05) is 109 Å². The number of thiazole rings is 1. The highest BCUT2D eigenvalue weighted by Crippen LogP contribution is 2.40. The summed E-state index contributed by atoms with van der Waals surface area (Å²) in [6.45, 7) is 0.437. The number of carbonyl (C=O) groups excluding carboxylic acids is 2. The van der Waals surface area contributed by atoms with Gasteiger partial charge in [0.2, 0.25) is 11.8 Å². The highest BCUT2D eigenvalue weighted by atomic mass is 32.2. The molecule has 0 saturated carbocycles. The minimum atomic E-state index is -0.548. The Hall–Kier alpha value is -5.04. The number of nitrogens with two attached hydrogens (primary N) is 1. The number of carbonyl (C=O) groups is 2. The molecule has 0 radical (unpaired) electrons. The SMILES string of the molecule is Nc1ccccc1NC(=O)CCCCCC(=O)NCc1cccc(-c2ccc(C3OC(CSc4nc5ccccc5s4)CC(c4ccc(CO)cc4)O3)cc2)c1. The number of aliphatic hydroxyl groups is 1. The lowest BCUT2D eigenvalue weighted by molar-refractivity contribution is -0.245. The van der Waals surface area contributed by atoms with Gasteiger partial charge in [-0.25, -0.2) is 4.98 Å². The standard InChI is InChI=1S/C45H46N4O5S2/c46-37-11-4-5-12-38(37)48-43(52)16-3-1-2-15-42(51)47-27-31-9-8-10-35(25-31)32-21-23-34(24-22-32)44-53-36(26-40(54-44)33-19-17-30(28-50)18-20-33)29-55-45-49-39-13-6-7-14-41(39)56-45/h4-14,17-25,36,40,44,50H,1-3,15-16,26-29,46H2,(H,47,51)(H,48,52). The maximum atomic E-state index is 12.6. The van der Waals surface area contributed by atoms with Crippen LogP contribution in [0.1, 0.15) is 73.2 Å². The normalized spacial score (nSPS) is 16.8. The number of anilines is 2. The summed E-state index contributed by atoms with van der Waals surface area (Å²) in [6, 6.07) is 39.8. The van der Waals surface area contributed by atoms with E-state index < -0.39 is 6.29 Å². The van der Waals surface area contributed by atoms with Crippen molar-refractivity contribution in [3.8, 4) is 11.1 Å². The van der Waals surface area contributed by atoms with Gasteiger partial charge in [0.05, 0.1) is 40.4 Å². The summed E-state index contributed by atoms with van der Waals surface area (Å²) >= 11 is 3.42. The lowest BCUT2D eigenvalue weighted by Crippen LogP contribution is -2.31. The van der Waals surface area contributed by atoms with Crippen molar-refractivity contribution in [2.75, 3.05) is 16.8 Å². The maximum absolute atomic E-state index is 12.6. The third-order valence-electron chi connectivity index (χ3n) is 9.76. The first-order valence-corrected chi connectivity index (χ1v) is 20.8. The number of benzene rings is 5. The molecule has 1 saturated heterocycles. The van der Waals surface area contributed by atoms with Crippen LogP contribution in [-0.2, 0) is 32.2 Å². The number of thioether (sulfide) groups is 1. The van der Waals surface area contributed by atoms with Crippen molar-refractivity contribution >= 4 is 56.5 Å². The number of aromatic nitrogens is 1. The number of para-hydroxylation sites is 3. The predicted molar refractivity (Wildman–Crippen MR) is 225 cm³/mol. The average molecular weight is 787 g/mol. The molecule has 288 valence electrons. The molecule has 3 unspecified atom stereocenters. The van der Waals surface area contributed by atoms with Gasteiger partial charge in [0.15, 0.2) is 10.6 Å². The molecule has 0 bridgehead atoms. The fourth-order valence-electron chi connectivity index (χ4n) is 6.65. The van der Waals surface area contributed by atoms with Gasteiger partial charge in [-0.3, -0.25) is 9.59 Å². The molecule has 0 aliphatic carbocycles. The molecule has 2 amide bonds. The Kier molecular flexibility index (Phi) is 13.4. The van der Waals surface area contributed by atoms with Crippen LogP contribution in [0.4, 0.5) is 11.4 Å². The Morgan fingerprint density at radius 3 is 2.32 bits per heavy atom. The molecule has 0 spiro atoms. The molecule has 1 fully saturated rings. The zero-order valence-corrected chi connectivity index (χ0v) is 32.7. The highest BCUT2D eigenvalue weighted by Gasteiger charge is 2.32. The molecule has 6 aromatic rings. The van der Waals surface area contributed by atoms with Crippen molar-refractivity contribution in [3.63, 3.8) is 0 Å². The first kappa shape index (κ1) is 39.2.